The van der Waals surface area contributed by atoms with Gasteiger partial charge in [-0.15, -0.1) is 0 Å². The van der Waals surface area contributed by atoms with Crippen LogP contribution in [-0.4, -0.2) is 0 Å². The van der Waals surface area contributed by atoms with Gasteiger partial charge in [0.25, 0.3) is 0 Å². The predicted molar refractivity (Wildman–Crippen MR) is 137 cm³/mol. The minimum Gasteiger partial charge on any atom is -0.456 e. The zero-order valence-electron chi connectivity index (χ0n) is 18.0. The Bertz CT molecular complexity index is 1570. The van der Waals surface area contributed by atoms with Crippen molar-refractivity contribution >= 4 is 33.3 Å². The van der Waals surface area contributed by atoms with Crippen LogP contribution in [0.3, 0.4) is 0 Å². The SMILES string of the molecule is NN(c1ccc(-c2ccccc2)c(-c2ccccc2)c1)c1ccc2oc3ccccc3c2c1. The van der Waals surface area contributed by atoms with E-state index in [0.29, 0.717) is 0 Å². The van der Waals surface area contributed by atoms with Crippen molar-refractivity contribution in [3.63, 3.8) is 0 Å². The number of hydrazine groups is 1. The molecule has 1 aromatic heterocycles. The van der Waals surface area contributed by atoms with Crippen molar-refractivity contribution < 1.29 is 4.42 Å². The molecule has 0 aliphatic rings. The second-order valence-electron chi connectivity index (χ2n) is 8.11. The van der Waals surface area contributed by atoms with Gasteiger partial charge in [-0.3, -0.25) is 5.01 Å². The number of hydrogen-bond acceptors (Lipinski definition) is 3. The van der Waals surface area contributed by atoms with E-state index in [0.717, 1.165) is 44.4 Å². The van der Waals surface area contributed by atoms with Gasteiger partial charge in [-0.1, -0.05) is 84.9 Å². The van der Waals surface area contributed by atoms with Crippen molar-refractivity contribution in [1.82, 2.24) is 0 Å². The molecule has 0 saturated carbocycles. The maximum atomic E-state index is 6.66. The molecule has 3 heteroatoms. The second-order valence-corrected chi connectivity index (χ2v) is 8.11. The highest BCUT2D eigenvalue weighted by Crippen LogP contribution is 2.37. The molecule has 0 unspecified atom stereocenters. The zero-order valence-corrected chi connectivity index (χ0v) is 18.0. The summed E-state index contributed by atoms with van der Waals surface area (Å²) >= 11 is 0. The molecule has 3 nitrogen and oxygen atoms in total. The van der Waals surface area contributed by atoms with Gasteiger partial charge in [0.2, 0.25) is 0 Å². The highest BCUT2D eigenvalue weighted by molar-refractivity contribution is 6.06. The summed E-state index contributed by atoms with van der Waals surface area (Å²) < 4.78 is 5.98. The number of fused-ring (bicyclic) bond motifs is 3. The molecule has 0 aliphatic heterocycles. The van der Waals surface area contributed by atoms with E-state index < -0.39 is 0 Å². The topological polar surface area (TPSA) is 42.4 Å². The van der Waals surface area contributed by atoms with Crippen LogP contribution >= 0.6 is 0 Å². The average molecular weight is 427 g/mol. The van der Waals surface area contributed by atoms with Crippen LogP contribution in [0, 0.1) is 0 Å². The molecule has 0 saturated heterocycles. The first-order valence-corrected chi connectivity index (χ1v) is 11.0. The normalized spacial score (nSPS) is 11.2. The van der Waals surface area contributed by atoms with Gasteiger partial charge in [0.15, 0.2) is 0 Å². The lowest BCUT2D eigenvalue weighted by Gasteiger charge is -2.21. The van der Waals surface area contributed by atoms with Crippen LogP contribution in [0.5, 0.6) is 0 Å². The molecule has 6 aromatic rings. The van der Waals surface area contributed by atoms with Gasteiger partial charge in [-0.25, -0.2) is 5.84 Å². The van der Waals surface area contributed by atoms with Crippen molar-refractivity contribution in [2.24, 2.45) is 5.84 Å². The summed E-state index contributed by atoms with van der Waals surface area (Å²) in [7, 11) is 0. The molecule has 0 radical (unpaired) electrons. The van der Waals surface area contributed by atoms with Gasteiger partial charge in [-0.05, 0) is 58.7 Å². The van der Waals surface area contributed by atoms with E-state index >= 15 is 0 Å². The fourth-order valence-electron chi connectivity index (χ4n) is 4.42. The van der Waals surface area contributed by atoms with Crippen LogP contribution in [0.15, 0.2) is 126 Å². The lowest BCUT2D eigenvalue weighted by molar-refractivity contribution is 0.669. The average Bonchev–Trinajstić information content (AvgIpc) is 3.27. The number of rotatable bonds is 4. The van der Waals surface area contributed by atoms with Gasteiger partial charge in [-0.2, -0.15) is 0 Å². The van der Waals surface area contributed by atoms with Crippen LogP contribution in [0.1, 0.15) is 0 Å². The van der Waals surface area contributed by atoms with Crippen LogP contribution < -0.4 is 10.9 Å². The van der Waals surface area contributed by atoms with Gasteiger partial charge in [0.05, 0.1) is 11.4 Å². The van der Waals surface area contributed by atoms with Crippen molar-refractivity contribution in [2.75, 3.05) is 5.01 Å². The van der Waals surface area contributed by atoms with E-state index in [-0.39, 0.29) is 0 Å². The Morgan fingerprint density at radius 1 is 0.485 bits per heavy atom. The van der Waals surface area contributed by atoms with Crippen LogP contribution in [0.2, 0.25) is 0 Å². The number of benzene rings is 5. The molecule has 0 atom stereocenters. The molecule has 2 N–H and O–H groups in total. The molecule has 33 heavy (non-hydrogen) atoms. The molecular weight excluding hydrogens is 404 g/mol. The number of furan rings is 1. The third kappa shape index (κ3) is 3.45. The molecule has 0 aliphatic carbocycles. The van der Waals surface area contributed by atoms with Crippen LogP contribution in [-0.2, 0) is 0 Å². The van der Waals surface area contributed by atoms with E-state index in [9.17, 15) is 0 Å². The Kier molecular flexibility index (Phi) is 4.68. The Balaban J connectivity index is 1.47. The predicted octanol–water partition coefficient (Wildman–Crippen LogP) is 7.93. The summed E-state index contributed by atoms with van der Waals surface area (Å²) in [5.41, 5.74) is 8.21. The summed E-state index contributed by atoms with van der Waals surface area (Å²) in [5.74, 6) is 6.66. The van der Waals surface area contributed by atoms with Crippen molar-refractivity contribution in [1.29, 1.82) is 0 Å². The lowest BCUT2D eigenvalue weighted by Crippen LogP contribution is -2.24. The van der Waals surface area contributed by atoms with Gasteiger partial charge in [0, 0.05) is 10.8 Å². The number of nitrogens with zero attached hydrogens (tertiary/aromatic N) is 1. The molecule has 0 bridgehead atoms. The Hall–Kier alpha value is -4.34. The monoisotopic (exact) mass is 426 g/mol. The number of nitrogens with two attached hydrogens (primary N) is 1. The molecule has 158 valence electrons. The first-order valence-electron chi connectivity index (χ1n) is 11.0. The first-order chi connectivity index (χ1) is 16.3. The molecule has 0 amide bonds. The summed E-state index contributed by atoms with van der Waals surface area (Å²) in [6.07, 6.45) is 0. The second kappa shape index (κ2) is 7.97. The smallest absolute Gasteiger partial charge is 0.135 e. The minimum atomic E-state index is 0.859. The first kappa shape index (κ1) is 19.4. The fraction of sp³-hybridized carbons (Fsp3) is 0. The number of para-hydroxylation sites is 1. The molecule has 6 rings (SSSR count). The molecule has 0 fully saturated rings. The maximum Gasteiger partial charge on any atom is 0.135 e. The van der Waals surface area contributed by atoms with E-state index in [1.165, 1.54) is 11.1 Å². The van der Waals surface area contributed by atoms with E-state index in [2.05, 4.69) is 78.9 Å². The summed E-state index contributed by atoms with van der Waals surface area (Å²) in [5, 5.41) is 3.89. The van der Waals surface area contributed by atoms with Crippen LogP contribution in [0.25, 0.3) is 44.2 Å². The van der Waals surface area contributed by atoms with Gasteiger partial charge in [0.1, 0.15) is 11.2 Å². The minimum absolute atomic E-state index is 0.859. The summed E-state index contributed by atoms with van der Waals surface area (Å²) in [4.78, 5) is 0. The van der Waals surface area contributed by atoms with Gasteiger partial charge >= 0.3 is 0 Å². The van der Waals surface area contributed by atoms with Crippen LogP contribution in [0.4, 0.5) is 11.4 Å². The Morgan fingerprint density at radius 2 is 1.06 bits per heavy atom. The van der Waals surface area contributed by atoms with Crippen molar-refractivity contribution in [3.05, 3.63) is 121 Å². The summed E-state index contributed by atoms with van der Waals surface area (Å²) in [6.45, 7) is 0. The number of anilines is 2. The summed E-state index contributed by atoms with van der Waals surface area (Å²) in [6, 6.07) is 41.4. The lowest BCUT2D eigenvalue weighted by atomic mass is 9.94. The van der Waals surface area contributed by atoms with Crippen molar-refractivity contribution in [2.45, 2.75) is 0 Å². The van der Waals surface area contributed by atoms with E-state index in [1.54, 1.807) is 5.01 Å². The molecule has 0 spiro atoms. The Labute approximate surface area is 192 Å². The van der Waals surface area contributed by atoms with Crippen molar-refractivity contribution in [3.8, 4) is 22.3 Å². The largest absolute Gasteiger partial charge is 0.456 e. The third-order valence-corrected chi connectivity index (χ3v) is 6.09. The fourth-order valence-corrected chi connectivity index (χ4v) is 4.42. The Morgan fingerprint density at radius 3 is 1.82 bits per heavy atom. The standard InChI is InChI=1S/C30H22N2O/c31-32(24-16-18-30-28(20-24)26-13-7-8-14-29(26)33-30)23-15-17-25(21-9-3-1-4-10-21)27(19-23)22-11-5-2-6-12-22/h1-20H,31H2. The molecule has 5 aromatic carbocycles. The van der Waals surface area contributed by atoms with Gasteiger partial charge < -0.3 is 4.42 Å². The quantitative estimate of drug-likeness (QED) is 0.230. The highest BCUT2D eigenvalue weighted by Gasteiger charge is 2.14. The number of hydrogen-bond donors (Lipinski definition) is 1. The third-order valence-electron chi connectivity index (χ3n) is 6.09. The molecular formula is C30H22N2O. The zero-order chi connectivity index (χ0) is 22.2. The van der Waals surface area contributed by atoms with E-state index in [1.807, 2.05) is 42.5 Å². The van der Waals surface area contributed by atoms with E-state index in [4.69, 9.17) is 10.3 Å². The highest BCUT2D eigenvalue weighted by atomic mass is 16.3. The maximum absolute atomic E-state index is 6.66. The molecule has 1 heterocycles.